The predicted octanol–water partition coefficient (Wildman–Crippen LogP) is 6.21. The molecule has 0 aliphatic carbocycles. The lowest BCUT2D eigenvalue weighted by molar-refractivity contribution is -0.122. The van der Waals surface area contributed by atoms with Gasteiger partial charge in [-0.05, 0) is 74.2 Å². The van der Waals surface area contributed by atoms with Gasteiger partial charge in [0, 0.05) is 5.69 Å². The van der Waals surface area contributed by atoms with Crippen LogP contribution in [-0.2, 0) is 11.2 Å². The van der Waals surface area contributed by atoms with E-state index in [2.05, 4.69) is 21.5 Å². The van der Waals surface area contributed by atoms with E-state index < -0.39 is 12.1 Å². The first-order chi connectivity index (χ1) is 18.7. The van der Waals surface area contributed by atoms with Crippen molar-refractivity contribution in [2.24, 2.45) is 0 Å². The molecule has 9 nitrogen and oxygen atoms in total. The third kappa shape index (κ3) is 7.41. The zero-order chi connectivity index (χ0) is 28.5. The zero-order valence-electron chi connectivity index (χ0n) is 22.1. The third-order valence-electron chi connectivity index (χ3n) is 5.92. The Morgan fingerprint density at radius 2 is 1.67 bits per heavy atom. The van der Waals surface area contributed by atoms with Crippen LogP contribution in [-0.4, -0.2) is 18.0 Å². The van der Waals surface area contributed by atoms with E-state index in [0.29, 0.717) is 30.0 Å². The van der Waals surface area contributed by atoms with Gasteiger partial charge in [-0.25, -0.2) is 4.79 Å². The number of nitrogens with zero attached hydrogens (tertiary/aromatic N) is 2. The molecule has 0 aliphatic rings. The number of carbonyl (C=O) groups excluding carboxylic acids is 2. The van der Waals surface area contributed by atoms with Gasteiger partial charge in [-0.3, -0.25) is 15.6 Å². The number of nitriles is 2. The number of hydrogen-bond acceptors (Lipinski definition) is 6. The summed E-state index contributed by atoms with van der Waals surface area (Å²) in [5.41, 5.74) is 9.72. The topological polar surface area (TPSA) is 139 Å². The summed E-state index contributed by atoms with van der Waals surface area (Å²) in [6, 6.07) is 16.9. The lowest BCUT2D eigenvalue weighted by atomic mass is 10.0. The standard InChI is InChI=1S/C29H29ClN6O3/c1-5-19-12-20(15-31)21(16-32)13-24(19)35-36-29(38)34-25-14-22(8-9-23(25)30)33-28(37)26(6-2)39-27-10-7-17(3)11-18(27)4/h7-14,26,35H,5-6H2,1-4H3,(H,33,37)(H2,34,36,38). The van der Waals surface area contributed by atoms with Crippen molar-refractivity contribution in [3.05, 3.63) is 81.4 Å². The summed E-state index contributed by atoms with van der Waals surface area (Å²) in [5.74, 6) is 0.304. The molecule has 3 amide bonds. The van der Waals surface area contributed by atoms with Gasteiger partial charge in [0.05, 0.1) is 27.5 Å². The van der Waals surface area contributed by atoms with Gasteiger partial charge in [0.15, 0.2) is 6.10 Å². The van der Waals surface area contributed by atoms with Gasteiger partial charge in [-0.2, -0.15) is 10.5 Å². The number of nitrogens with one attached hydrogen (secondary N) is 4. The van der Waals surface area contributed by atoms with Crippen molar-refractivity contribution < 1.29 is 14.3 Å². The van der Waals surface area contributed by atoms with Crippen LogP contribution in [0, 0.1) is 36.5 Å². The summed E-state index contributed by atoms with van der Waals surface area (Å²) in [6.07, 6.45) is 0.310. The Kier molecular flexibility index (Phi) is 9.75. The maximum Gasteiger partial charge on any atom is 0.337 e. The highest BCUT2D eigenvalue weighted by molar-refractivity contribution is 6.33. The number of anilines is 3. The molecule has 0 saturated heterocycles. The molecule has 1 atom stereocenters. The van der Waals surface area contributed by atoms with Gasteiger partial charge in [0.2, 0.25) is 0 Å². The van der Waals surface area contributed by atoms with Crippen LogP contribution in [0.2, 0.25) is 5.02 Å². The molecule has 0 saturated carbocycles. The Labute approximate surface area is 232 Å². The van der Waals surface area contributed by atoms with Crippen LogP contribution in [0.3, 0.4) is 0 Å². The Balaban J connectivity index is 1.67. The first kappa shape index (κ1) is 28.8. The van der Waals surface area contributed by atoms with Crippen molar-refractivity contribution in [2.45, 2.75) is 46.6 Å². The van der Waals surface area contributed by atoms with Gasteiger partial charge in [-0.1, -0.05) is 43.1 Å². The molecule has 3 aromatic carbocycles. The maximum absolute atomic E-state index is 12.9. The molecule has 0 bridgehead atoms. The van der Waals surface area contributed by atoms with E-state index in [1.54, 1.807) is 18.2 Å². The molecule has 200 valence electrons. The highest BCUT2D eigenvalue weighted by Gasteiger charge is 2.20. The Hall–Kier alpha value is -4.73. The molecule has 0 fully saturated rings. The fourth-order valence-corrected chi connectivity index (χ4v) is 4.01. The monoisotopic (exact) mass is 544 g/mol. The van der Waals surface area contributed by atoms with Crippen LogP contribution in [0.25, 0.3) is 0 Å². The van der Waals surface area contributed by atoms with Crippen LogP contribution in [0.15, 0.2) is 48.5 Å². The average Bonchev–Trinajstić information content (AvgIpc) is 2.92. The molecule has 4 N–H and O–H groups in total. The zero-order valence-corrected chi connectivity index (χ0v) is 22.9. The molecule has 0 aromatic heterocycles. The van der Waals surface area contributed by atoms with E-state index >= 15 is 0 Å². The summed E-state index contributed by atoms with van der Waals surface area (Å²) in [6.45, 7) is 7.67. The third-order valence-corrected chi connectivity index (χ3v) is 6.25. The molecule has 10 heteroatoms. The number of urea groups is 1. The van der Waals surface area contributed by atoms with Crippen molar-refractivity contribution in [2.75, 3.05) is 16.1 Å². The summed E-state index contributed by atoms with van der Waals surface area (Å²) < 4.78 is 5.96. The number of halogens is 1. The van der Waals surface area contributed by atoms with Crippen molar-refractivity contribution >= 4 is 40.6 Å². The number of hydrazine groups is 1. The first-order valence-electron chi connectivity index (χ1n) is 12.3. The highest BCUT2D eigenvalue weighted by atomic mass is 35.5. The van der Waals surface area contributed by atoms with Crippen LogP contribution < -0.4 is 26.2 Å². The molecule has 3 rings (SSSR count). The van der Waals surface area contributed by atoms with E-state index in [1.165, 1.54) is 12.1 Å². The van der Waals surface area contributed by atoms with E-state index in [9.17, 15) is 20.1 Å². The van der Waals surface area contributed by atoms with Crippen molar-refractivity contribution in [1.82, 2.24) is 5.43 Å². The highest BCUT2D eigenvalue weighted by Crippen LogP contribution is 2.27. The summed E-state index contributed by atoms with van der Waals surface area (Å²) in [5, 5.41) is 24.2. The first-order valence-corrected chi connectivity index (χ1v) is 12.7. The van der Waals surface area contributed by atoms with E-state index in [4.69, 9.17) is 16.3 Å². The van der Waals surface area contributed by atoms with Gasteiger partial charge >= 0.3 is 6.03 Å². The molecule has 0 radical (unpaired) electrons. The van der Waals surface area contributed by atoms with Gasteiger partial charge in [0.25, 0.3) is 5.91 Å². The summed E-state index contributed by atoms with van der Waals surface area (Å²) >= 11 is 6.27. The van der Waals surface area contributed by atoms with Crippen LogP contribution in [0.1, 0.15) is 48.1 Å². The molecular weight excluding hydrogens is 516 g/mol. The fourth-order valence-electron chi connectivity index (χ4n) is 3.84. The minimum Gasteiger partial charge on any atom is -0.480 e. The molecule has 0 aliphatic heterocycles. The smallest absolute Gasteiger partial charge is 0.337 e. The lowest BCUT2D eigenvalue weighted by Gasteiger charge is -2.19. The van der Waals surface area contributed by atoms with Crippen molar-refractivity contribution in [3.63, 3.8) is 0 Å². The number of carbonyl (C=O) groups is 2. The Morgan fingerprint density at radius 3 is 2.31 bits per heavy atom. The molecule has 0 heterocycles. The number of rotatable bonds is 9. The van der Waals surface area contributed by atoms with E-state index in [0.717, 1.165) is 16.7 Å². The second-order valence-electron chi connectivity index (χ2n) is 8.80. The normalized spacial score (nSPS) is 10.9. The molecule has 3 aromatic rings. The predicted molar refractivity (Wildman–Crippen MR) is 152 cm³/mol. The Bertz CT molecular complexity index is 1480. The number of benzene rings is 3. The lowest BCUT2D eigenvalue weighted by Crippen LogP contribution is -2.34. The minimum absolute atomic E-state index is 0.192. The quantitative estimate of drug-likeness (QED) is 0.236. The number of hydrogen-bond donors (Lipinski definition) is 4. The van der Waals surface area contributed by atoms with Crippen molar-refractivity contribution in [1.29, 1.82) is 10.5 Å². The van der Waals surface area contributed by atoms with Crippen LogP contribution in [0.5, 0.6) is 5.75 Å². The number of ether oxygens (including phenoxy) is 1. The second kappa shape index (κ2) is 13.2. The van der Waals surface area contributed by atoms with E-state index in [1.807, 2.05) is 58.0 Å². The van der Waals surface area contributed by atoms with Gasteiger partial charge in [-0.15, -0.1) is 0 Å². The molecule has 39 heavy (non-hydrogen) atoms. The van der Waals surface area contributed by atoms with Gasteiger partial charge in [0.1, 0.15) is 17.9 Å². The largest absolute Gasteiger partial charge is 0.480 e. The Morgan fingerprint density at radius 1 is 0.949 bits per heavy atom. The van der Waals surface area contributed by atoms with Crippen molar-refractivity contribution in [3.8, 4) is 17.9 Å². The molecular formula is C29H29ClN6O3. The van der Waals surface area contributed by atoms with Gasteiger partial charge < -0.3 is 15.4 Å². The number of aryl methyl sites for hydroxylation is 3. The number of amides is 3. The minimum atomic E-state index is -0.718. The second-order valence-corrected chi connectivity index (χ2v) is 9.21. The average molecular weight is 545 g/mol. The van der Waals surface area contributed by atoms with Crippen LogP contribution >= 0.6 is 11.6 Å². The van der Waals surface area contributed by atoms with E-state index in [-0.39, 0.29) is 27.7 Å². The molecule has 1 unspecified atom stereocenters. The SMILES string of the molecule is CCc1cc(C#N)c(C#N)cc1NNC(=O)Nc1cc(NC(=O)C(CC)Oc2ccc(C)cc2C)ccc1Cl. The summed E-state index contributed by atoms with van der Waals surface area (Å²) in [7, 11) is 0. The van der Waals surface area contributed by atoms with Crippen LogP contribution in [0.4, 0.5) is 21.9 Å². The summed E-state index contributed by atoms with van der Waals surface area (Å²) in [4.78, 5) is 25.5. The maximum atomic E-state index is 12.9. The molecule has 0 spiro atoms. The fraction of sp³-hybridized carbons (Fsp3) is 0.241.